The molecule has 0 spiro atoms. The first-order chi connectivity index (χ1) is 11.1. The summed E-state index contributed by atoms with van der Waals surface area (Å²) in [4.78, 5) is 16.7. The molecule has 1 aromatic heterocycles. The summed E-state index contributed by atoms with van der Waals surface area (Å²) in [5.41, 5.74) is 0.829. The second kappa shape index (κ2) is 7.43. The molecule has 1 fully saturated rings. The largest absolute Gasteiger partial charge is 0.473 e. The second-order valence-corrected chi connectivity index (χ2v) is 7.03. The fourth-order valence-corrected chi connectivity index (χ4v) is 3.63. The summed E-state index contributed by atoms with van der Waals surface area (Å²) < 4.78 is 5.87. The van der Waals surface area contributed by atoms with Crippen molar-refractivity contribution < 1.29 is 9.53 Å². The first-order valence-electron chi connectivity index (χ1n) is 7.09. The third-order valence-corrected chi connectivity index (χ3v) is 5.06. The fraction of sp³-hybridized carbons (Fsp3) is 0.250. The minimum atomic E-state index is -0.331. The van der Waals surface area contributed by atoms with Crippen LogP contribution in [0.15, 0.2) is 36.5 Å². The molecule has 1 atom stereocenters. The molecule has 120 valence electrons. The molecule has 0 bridgehead atoms. The molecule has 7 heteroatoms. The van der Waals surface area contributed by atoms with Gasteiger partial charge in [-0.2, -0.15) is 11.8 Å². The Bertz CT molecular complexity index is 721. The number of hydrogen-bond acceptors (Lipinski definition) is 4. The van der Waals surface area contributed by atoms with Crippen molar-refractivity contribution in [2.75, 3.05) is 16.8 Å². The predicted octanol–water partition coefficient (Wildman–Crippen LogP) is 4.53. The number of benzene rings is 1. The number of halogens is 2. The normalized spacial score (nSPS) is 17.0. The number of hydrogen-bond donors (Lipinski definition) is 1. The molecule has 23 heavy (non-hydrogen) atoms. The Balaban J connectivity index is 1.80. The van der Waals surface area contributed by atoms with Crippen LogP contribution < -0.4 is 10.1 Å². The summed E-state index contributed by atoms with van der Waals surface area (Å²) in [6.07, 6.45) is 2.67. The lowest BCUT2D eigenvalue weighted by Crippen LogP contribution is -2.20. The molecular weight excluding hydrogens is 355 g/mol. The number of aromatic nitrogens is 1. The summed E-state index contributed by atoms with van der Waals surface area (Å²) in [7, 11) is 0. The average Bonchev–Trinajstić information content (AvgIpc) is 3.04. The predicted molar refractivity (Wildman–Crippen MR) is 95.0 cm³/mol. The molecule has 2 aromatic rings. The van der Waals surface area contributed by atoms with E-state index in [1.54, 1.807) is 36.5 Å². The van der Waals surface area contributed by atoms with Gasteiger partial charge in [-0.15, -0.1) is 0 Å². The lowest BCUT2D eigenvalue weighted by atomic mass is 10.2. The van der Waals surface area contributed by atoms with E-state index in [4.69, 9.17) is 27.9 Å². The molecular formula is C16H14Cl2N2O2S. The van der Waals surface area contributed by atoms with Gasteiger partial charge in [-0.05, 0) is 42.5 Å². The van der Waals surface area contributed by atoms with Crippen LogP contribution in [-0.2, 0) is 0 Å². The van der Waals surface area contributed by atoms with Crippen LogP contribution in [0.3, 0.4) is 0 Å². The quantitative estimate of drug-likeness (QED) is 0.861. The summed E-state index contributed by atoms with van der Waals surface area (Å²) in [5, 5.41) is 3.67. The van der Waals surface area contributed by atoms with Gasteiger partial charge in [-0.25, -0.2) is 4.98 Å². The number of rotatable bonds is 4. The molecule has 1 saturated heterocycles. The van der Waals surface area contributed by atoms with Gasteiger partial charge in [0.25, 0.3) is 5.91 Å². The van der Waals surface area contributed by atoms with Crippen molar-refractivity contribution in [1.82, 2.24) is 4.98 Å². The number of ether oxygens (including phenoxy) is 1. The van der Waals surface area contributed by atoms with E-state index >= 15 is 0 Å². The Hall–Kier alpha value is -1.43. The van der Waals surface area contributed by atoms with Crippen molar-refractivity contribution >= 4 is 46.6 Å². The van der Waals surface area contributed by atoms with Crippen LogP contribution in [0.5, 0.6) is 5.88 Å². The SMILES string of the molecule is O=C(Nc1cc(Cl)ccc1Cl)c1cccnc1OC1CCSC1. The number of anilines is 1. The number of nitrogens with zero attached hydrogens (tertiary/aromatic N) is 1. The first-order valence-corrected chi connectivity index (χ1v) is 9.00. The minimum absolute atomic E-state index is 0.0937. The van der Waals surface area contributed by atoms with Crippen molar-refractivity contribution in [3.8, 4) is 5.88 Å². The summed E-state index contributed by atoms with van der Waals surface area (Å²) >= 11 is 13.9. The summed E-state index contributed by atoms with van der Waals surface area (Å²) in [5.74, 6) is 1.99. The van der Waals surface area contributed by atoms with Gasteiger partial charge in [-0.3, -0.25) is 4.79 Å². The van der Waals surface area contributed by atoms with Crippen molar-refractivity contribution in [3.63, 3.8) is 0 Å². The summed E-state index contributed by atoms with van der Waals surface area (Å²) in [6.45, 7) is 0. The number of carbonyl (C=O) groups is 1. The molecule has 0 aliphatic carbocycles. The molecule has 0 radical (unpaired) electrons. The Labute approximate surface area is 148 Å². The van der Waals surface area contributed by atoms with E-state index in [2.05, 4.69) is 10.3 Å². The van der Waals surface area contributed by atoms with Crippen LogP contribution in [0.25, 0.3) is 0 Å². The number of nitrogens with one attached hydrogen (secondary N) is 1. The lowest BCUT2D eigenvalue weighted by molar-refractivity contribution is 0.101. The second-order valence-electron chi connectivity index (χ2n) is 5.04. The van der Waals surface area contributed by atoms with Gasteiger partial charge in [0, 0.05) is 17.0 Å². The third kappa shape index (κ3) is 4.10. The average molecular weight is 369 g/mol. The zero-order chi connectivity index (χ0) is 16.2. The fourth-order valence-electron chi connectivity index (χ4n) is 2.20. The zero-order valence-electron chi connectivity index (χ0n) is 12.1. The van der Waals surface area contributed by atoms with E-state index in [9.17, 15) is 4.79 Å². The number of carbonyl (C=O) groups excluding carboxylic acids is 1. The Morgan fingerprint density at radius 2 is 2.22 bits per heavy atom. The molecule has 1 aliphatic rings. The van der Waals surface area contributed by atoms with Gasteiger partial charge in [-0.1, -0.05) is 23.2 Å². The molecule has 1 N–H and O–H groups in total. The highest BCUT2D eigenvalue weighted by atomic mass is 35.5. The summed E-state index contributed by atoms with van der Waals surface area (Å²) in [6, 6.07) is 8.28. The standard InChI is InChI=1S/C16H14Cl2N2O2S/c17-10-3-4-13(18)14(8-10)20-15(21)12-2-1-6-19-16(12)22-11-5-7-23-9-11/h1-4,6,8,11H,5,7,9H2,(H,20,21). The van der Waals surface area contributed by atoms with Crippen LogP contribution in [0.2, 0.25) is 10.0 Å². The highest BCUT2D eigenvalue weighted by Gasteiger charge is 2.21. The van der Waals surface area contributed by atoms with Crippen molar-refractivity contribution in [2.24, 2.45) is 0 Å². The number of amides is 1. The van der Waals surface area contributed by atoms with Gasteiger partial charge < -0.3 is 10.1 Å². The lowest BCUT2D eigenvalue weighted by Gasteiger charge is -2.15. The van der Waals surface area contributed by atoms with Gasteiger partial charge in [0.1, 0.15) is 11.7 Å². The van der Waals surface area contributed by atoms with Crippen molar-refractivity contribution in [3.05, 3.63) is 52.1 Å². The Morgan fingerprint density at radius 1 is 1.35 bits per heavy atom. The maximum absolute atomic E-state index is 12.5. The molecule has 2 heterocycles. The van der Waals surface area contributed by atoms with Gasteiger partial charge in [0.2, 0.25) is 5.88 Å². The Morgan fingerprint density at radius 3 is 3.00 bits per heavy atom. The third-order valence-electron chi connectivity index (χ3n) is 3.36. The monoisotopic (exact) mass is 368 g/mol. The van der Waals surface area contributed by atoms with Crippen LogP contribution in [0.1, 0.15) is 16.8 Å². The van der Waals surface area contributed by atoms with E-state index in [0.717, 1.165) is 17.9 Å². The molecule has 1 unspecified atom stereocenters. The Kier molecular flexibility index (Phi) is 5.30. The van der Waals surface area contributed by atoms with Crippen LogP contribution in [0, 0.1) is 0 Å². The molecule has 1 aliphatic heterocycles. The van der Waals surface area contributed by atoms with E-state index in [0.29, 0.717) is 27.2 Å². The number of thioether (sulfide) groups is 1. The van der Waals surface area contributed by atoms with Crippen molar-refractivity contribution in [2.45, 2.75) is 12.5 Å². The van der Waals surface area contributed by atoms with E-state index in [1.165, 1.54) is 0 Å². The molecule has 4 nitrogen and oxygen atoms in total. The highest BCUT2D eigenvalue weighted by molar-refractivity contribution is 7.99. The molecule has 1 aromatic carbocycles. The molecule has 3 rings (SSSR count). The maximum atomic E-state index is 12.5. The van der Waals surface area contributed by atoms with E-state index < -0.39 is 0 Å². The zero-order valence-corrected chi connectivity index (χ0v) is 14.4. The van der Waals surface area contributed by atoms with E-state index in [-0.39, 0.29) is 12.0 Å². The van der Waals surface area contributed by atoms with Gasteiger partial charge in [0.15, 0.2) is 0 Å². The maximum Gasteiger partial charge on any atom is 0.261 e. The highest BCUT2D eigenvalue weighted by Crippen LogP contribution is 2.28. The van der Waals surface area contributed by atoms with Gasteiger partial charge in [0.05, 0.1) is 10.7 Å². The van der Waals surface area contributed by atoms with E-state index in [1.807, 2.05) is 11.8 Å². The molecule has 1 amide bonds. The number of pyridine rings is 1. The first kappa shape index (κ1) is 16.4. The van der Waals surface area contributed by atoms with Crippen molar-refractivity contribution in [1.29, 1.82) is 0 Å². The smallest absolute Gasteiger partial charge is 0.261 e. The topological polar surface area (TPSA) is 51.2 Å². The van der Waals surface area contributed by atoms with Crippen LogP contribution in [0.4, 0.5) is 5.69 Å². The minimum Gasteiger partial charge on any atom is -0.473 e. The van der Waals surface area contributed by atoms with Gasteiger partial charge >= 0.3 is 0 Å². The van der Waals surface area contributed by atoms with Crippen LogP contribution in [-0.4, -0.2) is 28.5 Å². The molecule has 0 saturated carbocycles. The van der Waals surface area contributed by atoms with Crippen LogP contribution >= 0.6 is 35.0 Å².